The van der Waals surface area contributed by atoms with Gasteiger partial charge < -0.3 is 44.7 Å². The highest BCUT2D eigenvalue weighted by Gasteiger charge is 2.24. The van der Waals surface area contributed by atoms with E-state index in [2.05, 4.69) is 31.8 Å². The fourth-order valence-corrected chi connectivity index (χ4v) is 4.94. The summed E-state index contributed by atoms with van der Waals surface area (Å²) in [4.78, 5) is 30.8. The quantitative estimate of drug-likeness (QED) is 0.242. The molecule has 0 aromatic heterocycles. The van der Waals surface area contributed by atoms with Gasteiger partial charge in [0, 0.05) is 81.2 Å². The van der Waals surface area contributed by atoms with Gasteiger partial charge in [0.2, 0.25) is 0 Å². The lowest BCUT2D eigenvalue weighted by Gasteiger charge is -2.38. The molecule has 1 aliphatic heterocycles. The molecule has 1 saturated heterocycles. The van der Waals surface area contributed by atoms with Crippen LogP contribution in [0.4, 0.5) is 27.5 Å². The maximum atomic E-state index is 13.4. The first-order valence-electron chi connectivity index (χ1n) is 14.4. The Bertz CT molecular complexity index is 1350. The molecule has 0 radical (unpaired) electrons. The van der Waals surface area contributed by atoms with Gasteiger partial charge in [0.25, 0.3) is 5.91 Å². The number of urea groups is 1. The highest BCUT2D eigenvalue weighted by molar-refractivity contribution is 6.04. The number of piperazine rings is 1. The molecule has 1 heterocycles. The van der Waals surface area contributed by atoms with E-state index in [1.807, 2.05) is 31.2 Å². The maximum absolute atomic E-state index is 13.4. The molecule has 0 aliphatic carbocycles. The smallest absolute Gasteiger partial charge is 0.323 e. The van der Waals surface area contributed by atoms with Gasteiger partial charge in [-0.25, -0.2) is 4.79 Å². The van der Waals surface area contributed by atoms with Crippen molar-refractivity contribution in [3.8, 4) is 17.2 Å². The van der Waals surface area contributed by atoms with Gasteiger partial charge in [-0.3, -0.25) is 4.79 Å². The van der Waals surface area contributed by atoms with Crippen LogP contribution in [0.15, 0.2) is 60.7 Å². The molecule has 3 aromatic rings. The van der Waals surface area contributed by atoms with Crippen LogP contribution in [0, 0.1) is 0 Å². The summed E-state index contributed by atoms with van der Waals surface area (Å²) >= 11 is 0. The third-order valence-electron chi connectivity index (χ3n) is 7.11. The normalized spacial score (nSPS) is 12.8. The SMILES string of the molecule is CCOCCCNC(=O)c1cc(NC(=O)Nc2cc(OC)cc(OC)c2)ccc1N1CCN(c2ccccc2OC)CC1. The van der Waals surface area contributed by atoms with E-state index in [0.717, 1.165) is 30.2 Å². The summed E-state index contributed by atoms with van der Waals surface area (Å²) in [7, 11) is 4.77. The molecular formula is C32H41N5O6. The molecule has 11 heteroatoms. The molecule has 1 fully saturated rings. The Morgan fingerprint density at radius 1 is 0.767 bits per heavy atom. The number of para-hydroxylation sites is 2. The van der Waals surface area contributed by atoms with E-state index in [-0.39, 0.29) is 5.91 Å². The van der Waals surface area contributed by atoms with Gasteiger partial charge in [-0.1, -0.05) is 12.1 Å². The van der Waals surface area contributed by atoms with Gasteiger partial charge in [0.1, 0.15) is 17.2 Å². The zero-order valence-electron chi connectivity index (χ0n) is 25.3. The molecule has 0 bridgehead atoms. The molecule has 0 saturated carbocycles. The molecule has 0 spiro atoms. The Labute approximate surface area is 253 Å². The first-order valence-corrected chi connectivity index (χ1v) is 14.4. The van der Waals surface area contributed by atoms with Crippen LogP contribution in [0.3, 0.4) is 0 Å². The standard InChI is InChI=1S/C32H41N5O6/c1-5-43-18-8-13-33-31(38)27-21-23(34-32(39)35-24-19-25(40-2)22-26(20-24)41-3)11-12-28(27)36-14-16-37(17-15-36)29-9-6-7-10-30(29)42-4/h6-7,9-12,19-22H,5,8,13-18H2,1-4H3,(H,33,38)(H2,34,35,39). The molecule has 4 rings (SSSR count). The van der Waals surface area contributed by atoms with Gasteiger partial charge >= 0.3 is 6.03 Å². The van der Waals surface area contributed by atoms with Crippen LogP contribution in [0.2, 0.25) is 0 Å². The van der Waals surface area contributed by atoms with Crippen molar-refractivity contribution in [3.63, 3.8) is 0 Å². The maximum Gasteiger partial charge on any atom is 0.323 e. The summed E-state index contributed by atoms with van der Waals surface area (Å²) in [5, 5.41) is 8.65. The summed E-state index contributed by atoms with van der Waals surface area (Å²) in [6.07, 6.45) is 0.705. The minimum atomic E-state index is -0.462. The number of nitrogens with one attached hydrogen (secondary N) is 3. The van der Waals surface area contributed by atoms with Gasteiger partial charge in [0.15, 0.2) is 0 Å². The van der Waals surface area contributed by atoms with E-state index >= 15 is 0 Å². The van der Waals surface area contributed by atoms with Crippen LogP contribution >= 0.6 is 0 Å². The predicted octanol–water partition coefficient (Wildman–Crippen LogP) is 4.84. The lowest BCUT2D eigenvalue weighted by Crippen LogP contribution is -2.47. The van der Waals surface area contributed by atoms with Crippen molar-refractivity contribution in [2.24, 2.45) is 0 Å². The second-order valence-electron chi connectivity index (χ2n) is 9.86. The summed E-state index contributed by atoms with van der Waals surface area (Å²) in [6.45, 7) is 6.60. The summed E-state index contributed by atoms with van der Waals surface area (Å²) in [5.74, 6) is 1.73. The van der Waals surface area contributed by atoms with Gasteiger partial charge in [0.05, 0.1) is 32.6 Å². The van der Waals surface area contributed by atoms with Crippen molar-refractivity contribution >= 4 is 34.7 Å². The Morgan fingerprint density at radius 3 is 2.07 bits per heavy atom. The molecule has 3 aromatic carbocycles. The van der Waals surface area contributed by atoms with Crippen LogP contribution in [0.25, 0.3) is 0 Å². The van der Waals surface area contributed by atoms with Crippen LogP contribution in [0.5, 0.6) is 17.2 Å². The van der Waals surface area contributed by atoms with E-state index in [9.17, 15) is 9.59 Å². The Morgan fingerprint density at radius 2 is 1.42 bits per heavy atom. The highest BCUT2D eigenvalue weighted by Crippen LogP contribution is 2.31. The molecule has 230 valence electrons. The lowest BCUT2D eigenvalue weighted by atomic mass is 10.1. The van der Waals surface area contributed by atoms with Gasteiger partial charge in [-0.15, -0.1) is 0 Å². The van der Waals surface area contributed by atoms with Crippen molar-refractivity contribution < 1.29 is 28.5 Å². The average molecular weight is 592 g/mol. The molecular weight excluding hydrogens is 550 g/mol. The van der Waals surface area contributed by atoms with Crippen LogP contribution in [0.1, 0.15) is 23.7 Å². The van der Waals surface area contributed by atoms with Crippen molar-refractivity contribution in [3.05, 3.63) is 66.2 Å². The molecule has 11 nitrogen and oxygen atoms in total. The molecule has 1 aliphatic rings. The number of carbonyl (C=O) groups excluding carboxylic acids is 2. The Kier molecular flexibility index (Phi) is 11.3. The lowest BCUT2D eigenvalue weighted by molar-refractivity contribution is 0.0944. The number of nitrogens with zero attached hydrogens (tertiary/aromatic N) is 2. The minimum absolute atomic E-state index is 0.208. The summed E-state index contributed by atoms with van der Waals surface area (Å²) < 4.78 is 21.5. The number of hydrogen-bond acceptors (Lipinski definition) is 8. The first kappa shape index (κ1) is 31.3. The van der Waals surface area contributed by atoms with Crippen molar-refractivity contribution in [1.29, 1.82) is 0 Å². The third kappa shape index (κ3) is 8.45. The van der Waals surface area contributed by atoms with E-state index < -0.39 is 6.03 Å². The zero-order chi connectivity index (χ0) is 30.6. The number of benzene rings is 3. The molecule has 3 amide bonds. The summed E-state index contributed by atoms with van der Waals surface area (Å²) in [6, 6.07) is 18.0. The van der Waals surface area contributed by atoms with E-state index in [4.69, 9.17) is 18.9 Å². The highest BCUT2D eigenvalue weighted by atomic mass is 16.5. The molecule has 0 unspecified atom stereocenters. The number of carbonyl (C=O) groups is 2. The van der Waals surface area contributed by atoms with Crippen molar-refractivity contribution in [2.45, 2.75) is 13.3 Å². The van der Waals surface area contributed by atoms with E-state index in [1.165, 1.54) is 0 Å². The molecule has 43 heavy (non-hydrogen) atoms. The largest absolute Gasteiger partial charge is 0.497 e. The third-order valence-corrected chi connectivity index (χ3v) is 7.11. The van der Waals surface area contributed by atoms with Crippen LogP contribution < -0.4 is 40.0 Å². The number of methoxy groups -OCH3 is 3. The monoisotopic (exact) mass is 591 g/mol. The summed E-state index contributed by atoms with van der Waals surface area (Å²) in [5.41, 5.74) is 3.35. The van der Waals surface area contributed by atoms with E-state index in [0.29, 0.717) is 67.7 Å². The fraction of sp³-hybridized carbons (Fsp3) is 0.375. The first-order chi connectivity index (χ1) is 20.9. The van der Waals surface area contributed by atoms with Crippen molar-refractivity contribution in [1.82, 2.24) is 5.32 Å². The fourth-order valence-electron chi connectivity index (χ4n) is 4.94. The second kappa shape index (κ2) is 15.5. The molecule has 0 atom stereocenters. The van der Waals surface area contributed by atoms with Crippen LogP contribution in [-0.4, -0.2) is 79.2 Å². The number of ether oxygens (including phenoxy) is 4. The topological polar surface area (TPSA) is 114 Å². The predicted molar refractivity (Wildman–Crippen MR) is 169 cm³/mol. The van der Waals surface area contributed by atoms with E-state index in [1.54, 1.807) is 51.7 Å². The van der Waals surface area contributed by atoms with Crippen molar-refractivity contribution in [2.75, 3.05) is 87.7 Å². The minimum Gasteiger partial charge on any atom is -0.497 e. The van der Waals surface area contributed by atoms with Gasteiger partial charge in [-0.05, 0) is 43.7 Å². The zero-order valence-corrected chi connectivity index (χ0v) is 25.3. The Balaban J connectivity index is 1.49. The van der Waals surface area contributed by atoms with Crippen LogP contribution in [-0.2, 0) is 4.74 Å². The number of rotatable bonds is 13. The number of anilines is 4. The number of hydrogen-bond donors (Lipinski definition) is 3. The average Bonchev–Trinajstić information content (AvgIpc) is 3.04. The second-order valence-corrected chi connectivity index (χ2v) is 9.86. The molecule has 3 N–H and O–H groups in total. The Hall–Kier alpha value is -4.64. The van der Waals surface area contributed by atoms with Gasteiger partial charge in [-0.2, -0.15) is 0 Å². The number of amides is 3.